The summed E-state index contributed by atoms with van der Waals surface area (Å²) in [6, 6.07) is 54.1. The van der Waals surface area contributed by atoms with Crippen molar-refractivity contribution >= 4 is 45.6 Å². The molecule has 3 aliphatic rings. The summed E-state index contributed by atoms with van der Waals surface area (Å²) in [4.78, 5) is 3.92. The number of fused-ring (bicyclic) bond motifs is 12. The third-order valence-electron chi connectivity index (χ3n) is 13.0. The van der Waals surface area contributed by atoms with Gasteiger partial charge in [-0.2, -0.15) is 11.6 Å². The van der Waals surface area contributed by atoms with E-state index in [1.54, 1.807) is 0 Å². The maximum absolute atomic E-state index is 2.56. The monoisotopic (exact) mass is 755 g/mol. The number of anilines is 3. The van der Waals surface area contributed by atoms with Gasteiger partial charge in [0.05, 0.1) is 16.8 Å². The summed E-state index contributed by atoms with van der Waals surface area (Å²) in [7, 11) is 0. The number of nitrogens with zero attached hydrogens (tertiary/aromatic N) is 1. The van der Waals surface area contributed by atoms with Gasteiger partial charge in [-0.3, -0.25) is 0 Å². The number of benzene rings is 7. The molecule has 0 saturated heterocycles. The molecule has 0 saturated carbocycles. The summed E-state index contributed by atoms with van der Waals surface area (Å²) in [6.45, 7) is 18.7. The molecule has 3 heteroatoms. The van der Waals surface area contributed by atoms with Crippen LogP contribution in [0.2, 0.25) is 0 Å². The number of hydrogen-bond donors (Lipinski definition) is 0. The van der Waals surface area contributed by atoms with Crippen molar-refractivity contribution in [2.24, 2.45) is 0 Å². The minimum atomic E-state index is -0.433. The molecule has 0 N–H and O–H groups in total. The largest absolute Gasteiger partial charge is 0.310 e. The quantitative estimate of drug-likeness (QED) is 0.161. The lowest BCUT2D eigenvalue weighted by Crippen LogP contribution is -2.46. The molecular formula is C54H50BNS. The Morgan fingerprint density at radius 2 is 1.02 bits per heavy atom. The molecule has 0 atom stereocenters. The fourth-order valence-corrected chi connectivity index (χ4v) is 11.8. The average molecular weight is 756 g/mol. The minimum absolute atomic E-state index is 0.195. The van der Waals surface area contributed by atoms with E-state index >= 15 is 0 Å². The summed E-state index contributed by atoms with van der Waals surface area (Å²) in [5.74, 6) is 1.52. The molecule has 10 rings (SSSR count). The Balaban J connectivity index is 1.23. The second-order valence-corrected chi connectivity index (χ2v) is 18.7. The predicted molar refractivity (Wildman–Crippen MR) is 246 cm³/mol. The van der Waals surface area contributed by atoms with Crippen LogP contribution in [0.4, 0.5) is 17.1 Å². The van der Waals surface area contributed by atoms with Gasteiger partial charge in [-0.05, 0) is 123 Å². The second-order valence-electron chi connectivity index (χ2n) is 17.6. The van der Waals surface area contributed by atoms with Gasteiger partial charge in [0.15, 0.2) is 0 Å². The highest BCUT2D eigenvalue weighted by Gasteiger charge is 2.52. The lowest BCUT2D eigenvalue weighted by atomic mass is 9.54. The van der Waals surface area contributed by atoms with Crippen LogP contribution in [-0.2, 0) is 5.41 Å². The molecule has 2 aliphatic heterocycles. The van der Waals surface area contributed by atoms with Crippen LogP contribution in [0.15, 0.2) is 144 Å². The first-order valence-corrected chi connectivity index (χ1v) is 21.7. The predicted octanol–water partition coefficient (Wildman–Crippen LogP) is 13.7. The second kappa shape index (κ2) is 13.4. The van der Waals surface area contributed by atoms with Crippen molar-refractivity contribution in [3.8, 4) is 22.3 Å². The van der Waals surface area contributed by atoms with Crippen molar-refractivity contribution in [1.29, 1.82) is 0 Å². The highest BCUT2D eigenvalue weighted by atomic mass is 32.2. The highest BCUT2D eigenvalue weighted by molar-refractivity contribution is 8.28. The van der Waals surface area contributed by atoms with Gasteiger partial charge in [-0.25, -0.2) is 0 Å². The zero-order chi connectivity index (χ0) is 39.3. The first kappa shape index (κ1) is 36.1. The van der Waals surface area contributed by atoms with E-state index in [0.29, 0.717) is 17.8 Å². The van der Waals surface area contributed by atoms with Gasteiger partial charge in [0.25, 0.3) is 5.99 Å². The molecule has 7 aromatic carbocycles. The van der Waals surface area contributed by atoms with Crippen molar-refractivity contribution in [1.82, 2.24) is 0 Å². The average Bonchev–Trinajstić information content (AvgIpc) is 3.51. The zero-order valence-electron chi connectivity index (χ0n) is 34.4. The van der Waals surface area contributed by atoms with Crippen LogP contribution in [0.1, 0.15) is 109 Å². The standard InChI is InChI=1S/C54H50BNS/c1-32(2)37-29-42(33(3)4)53(43(30-37)34(5)6)55-49-24-23-38(31-44(49)41-17-11-14-20-52(41)57-55)56-50-25-21-35(7)27-47(50)54(48-28-36(8)22-26-51(48)56)45-18-12-9-15-39(45)40-16-10-13-19-46(40)54/h9-34H,1-8H3. The smallest absolute Gasteiger partial charge is 0.282 e. The fourth-order valence-electron chi connectivity index (χ4n) is 10.3. The molecule has 1 spiro atoms. The van der Waals surface area contributed by atoms with Gasteiger partial charge in [-0.15, -0.1) is 0 Å². The molecule has 0 bridgehead atoms. The summed E-state index contributed by atoms with van der Waals surface area (Å²) in [5, 5.41) is 0. The van der Waals surface area contributed by atoms with Gasteiger partial charge < -0.3 is 4.90 Å². The van der Waals surface area contributed by atoms with Crippen LogP contribution in [0, 0.1) is 13.8 Å². The van der Waals surface area contributed by atoms with Crippen LogP contribution in [0.5, 0.6) is 0 Å². The van der Waals surface area contributed by atoms with E-state index in [9.17, 15) is 0 Å². The third-order valence-corrected chi connectivity index (χ3v) is 14.3. The van der Waals surface area contributed by atoms with Gasteiger partial charge in [-0.1, -0.05) is 173 Å². The molecule has 0 radical (unpaired) electrons. The minimum Gasteiger partial charge on any atom is -0.310 e. The van der Waals surface area contributed by atoms with Gasteiger partial charge in [0.2, 0.25) is 0 Å². The number of hydrogen-bond acceptors (Lipinski definition) is 2. The summed E-state index contributed by atoms with van der Waals surface area (Å²) in [6.07, 6.45) is 0. The fraction of sp³-hybridized carbons (Fsp3) is 0.222. The van der Waals surface area contributed by atoms with Gasteiger partial charge in [0.1, 0.15) is 0 Å². The third kappa shape index (κ3) is 5.31. The molecule has 0 fully saturated rings. The summed E-state index contributed by atoms with van der Waals surface area (Å²) in [5.41, 5.74) is 23.9. The number of aryl methyl sites for hydroxylation is 2. The molecule has 0 amide bonds. The first-order chi connectivity index (χ1) is 27.6. The van der Waals surface area contributed by atoms with Crippen LogP contribution in [-0.4, -0.2) is 5.99 Å². The molecule has 0 aromatic heterocycles. The highest BCUT2D eigenvalue weighted by Crippen LogP contribution is 2.63. The van der Waals surface area contributed by atoms with E-state index in [1.165, 1.54) is 105 Å². The molecule has 57 heavy (non-hydrogen) atoms. The molecule has 1 aliphatic carbocycles. The van der Waals surface area contributed by atoms with Crippen molar-refractivity contribution < 1.29 is 0 Å². The molecule has 0 unspecified atom stereocenters. The molecular weight excluding hydrogens is 705 g/mol. The Morgan fingerprint density at radius 3 is 1.56 bits per heavy atom. The molecule has 1 nitrogen and oxygen atoms in total. The normalized spacial score (nSPS) is 14.4. The van der Waals surface area contributed by atoms with E-state index in [2.05, 4.69) is 200 Å². The van der Waals surface area contributed by atoms with Crippen molar-refractivity contribution in [2.75, 3.05) is 4.90 Å². The maximum atomic E-state index is 2.56. The topological polar surface area (TPSA) is 3.24 Å². The zero-order valence-corrected chi connectivity index (χ0v) is 35.3. The van der Waals surface area contributed by atoms with Crippen LogP contribution < -0.4 is 15.8 Å². The summed E-state index contributed by atoms with van der Waals surface area (Å²) < 4.78 is 0. The molecule has 2 heterocycles. The summed E-state index contributed by atoms with van der Waals surface area (Å²) >= 11 is 2.04. The van der Waals surface area contributed by atoms with Crippen LogP contribution in [0.3, 0.4) is 0 Å². The van der Waals surface area contributed by atoms with E-state index in [4.69, 9.17) is 0 Å². The van der Waals surface area contributed by atoms with E-state index in [1.807, 2.05) is 11.6 Å². The van der Waals surface area contributed by atoms with E-state index in [0.717, 1.165) is 0 Å². The van der Waals surface area contributed by atoms with Crippen molar-refractivity contribution in [3.63, 3.8) is 0 Å². The van der Waals surface area contributed by atoms with Crippen molar-refractivity contribution in [3.05, 3.63) is 190 Å². The van der Waals surface area contributed by atoms with Gasteiger partial charge >= 0.3 is 0 Å². The Labute approximate surface area is 344 Å². The Kier molecular flexibility index (Phi) is 8.51. The lowest BCUT2D eigenvalue weighted by molar-refractivity contribution is 0.750. The van der Waals surface area contributed by atoms with E-state index < -0.39 is 5.41 Å². The lowest BCUT2D eigenvalue weighted by Gasteiger charge is -2.45. The Morgan fingerprint density at radius 1 is 0.491 bits per heavy atom. The van der Waals surface area contributed by atoms with Gasteiger partial charge in [0, 0.05) is 10.6 Å². The van der Waals surface area contributed by atoms with Crippen molar-refractivity contribution in [2.45, 2.75) is 83.5 Å². The SMILES string of the molecule is Cc1ccc2c(c1)C1(c3ccccc3-c3ccccc31)c1cc(C)ccc1N2c1ccc2c(c1)-c1ccccc1SB2c1c(C(C)C)cc(C(C)C)cc1C(C)C. The maximum Gasteiger partial charge on any atom is 0.282 e. The van der Waals surface area contributed by atoms with Crippen LogP contribution >= 0.6 is 11.6 Å². The first-order valence-electron chi connectivity index (χ1n) is 20.9. The van der Waals surface area contributed by atoms with E-state index in [-0.39, 0.29) is 5.99 Å². The number of rotatable bonds is 5. The van der Waals surface area contributed by atoms with Crippen LogP contribution in [0.25, 0.3) is 22.3 Å². The Bertz CT molecular complexity index is 2620. The Hall–Kier alpha value is -5.25. The molecule has 280 valence electrons. The molecule has 7 aromatic rings.